The fraction of sp³-hybridized carbons (Fsp3) is 0. The minimum absolute atomic E-state index is 0.0188. The van der Waals surface area contributed by atoms with E-state index >= 15 is 0 Å². The lowest BCUT2D eigenvalue weighted by Gasteiger charge is -2.02. The van der Waals surface area contributed by atoms with Gasteiger partial charge in [0.1, 0.15) is 0 Å². The molecular formula is C13H9ClN4O3. The second-order valence-corrected chi connectivity index (χ2v) is 4.28. The number of hydrogen-bond donors (Lipinski definition) is 1. The largest absolute Gasteiger partial charge is 0.272 e. The molecule has 0 aliphatic rings. The van der Waals surface area contributed by atoms with Crippen LogP contribution in [0, 0.1) is 10.1 Å². The van der Waals surface area contributed by atoms with Gasteiger partial charge in [-0.2, -0.15) is 5.10 Å². The maximum atomic E-state index is 11.8. The highest BCUT2D eigenvalue weighted by Gasteiger charge is 2.14. The van der Waals surface area contributed by atoms with Crippen molar-refractivity contribution in [2.24, 2.45) is 5.10 Å². The highest BCUT2D eigenvalue weighted by molar-refractivity contribution is 6.34. The Bertz CT molecular complexity index is 704. The Hall–Kier alpha value is -2.80. The topological polar surface area (TPSA) is 97.5 Å². The number of nitrogens with one attached hydrogen (secondary N) is 1. The molecule has 0 aliphatic heterocycles. The van der Waals surface area contributed by atoms with E-state index in [0.29, 0.717) is 5.69 Å². The second-order valence-electron chi connectivity index (χ2n) is 3.87. The number of nitrogens with zero attached hydrogens (tertiary/aromatic N) is 3. The molecule has 21 heavy (non-hydrogen) atoms. The molecule has 1 N–H and O–H groups in total. The van der Waals surface area contributed by atoms with Gasteiger partial charge in [0, 0.05) is 18.3 Å². The van der Waals surface area contributed by atoms with E-state index < -0.39 is 10.8 Å². The van der Waals surface area contributed by atoms with Crippen molar-refractivity contribution in [2.75, 3.05) is 0 Å². The zero-order chi connectivity index (χ0) is 15.2. The molecule has 0 saturated carbocycles. The van der Waals surface area contributed by atoms with Crippen molar-refractivity contribution in [2.45, 2.75) is 0 Å². The molecule has 0 fully saturated rings. The summed E-state index contributed by atoms with van der Waals surface area (Å²) in [5, 5.41) is 14.3. The van der Waals surface area contributed by atoms with Crippen molar-refractivity contribution >= 4 is 29.4 Å². The zero-order valence-corrected chi connectivity index (χ0v) is 11.3. The van der Waals surface area contributed by atoms with Crippen molar-refractivity contribution in [1.29, 1.82) is 0 Å². The van der Waals surface area contributed by atoms with Gasteiger partial charge in [-0.3, -0.25) is 19.9 Å². The fourth-order valence-electron chi connectivity index (χ4n) is 1.47. The third-order valence-electron chi connectivity index (χ3n) is 2.46. The van der Waals surface area contributed by atoms with E-state index in [1.165, 1.54) is 18.3 Å². The number of benzene rings is 1. The minimum Gasteiger partial charge on any atom is -0.267 e. The number of rotatable bonds is 4. The second kappa shape index (κ2) is 6.58. The van der Waals surface area contributed by atoms with E-state index in [4.69, 9.17) is 11.6 Å². The standard InChI is InChI=1S/C13H9ClN4O3/c14-12-7-10(18(20)21)4-5-11(12)13(19)17-16-8-9-3-1-2-6-15-9/h1-8H,(H,17,19)/b16-8-. The number of pyridine rings is 1. The van der Waals surface area contributed by atoms with Crippen LogP contribution >= 0.6 is 11.6 Å². The number of non-ortho nitro benzene ring substituents is 1. The van der Waals surface area contributed by atoms with Crippen LogP contribution in [0.3, 0.4) is 0 Å². The third kappa shape index (κ3) is 3.83. The molecule has 106 valence electrons. The molecule has 0 aliphatic carbocycles. The van der Waals surface area contributed by atoms with Gasteiger partial charge in [0.2, 0.25) is 0 Å². The lowest BCUT2D eigenvalue weighted by Crippen LogP contribution is -2.18. The van der Waals surface area contributed by atoms with Crippen molar-refractivity contribution in [3.8, 4) is 0 Å². The Balaban J connectivity index is 2.07. The molecule has 1 amide bonds. The van der Waals surface area contributed by atoms with Gasteiger partial charge < -0.3 is 0 Å². The lowest BCUT2D eigenvalue weighted by molar-refractivity contribution is -0.384. The Morgan fingerprint density at radius 2 is 2.19 bits per heavy atom. The van der Waals surface area contributed by atoms with Crippen molar-refractivity contribution in [3.63, 3.8) is 0 Å². The van der Waals surface area contributed by atoms with Gasteiger partial charge in [-0.25, -0.2) is 5.43 Å². The van der Waals surface area contributed by atoms with Gasteiger partial charge >= 0.3 is 0 Å². The summed E-state index contributed by atoms with van der Waals surface area (Å²) in [6.07, 6.45) is 2.97. The highest BCUT2D eigenvalue weighted by atomic mass is 35.5. The number of nitro groups is 1. The normalized spacial score (nSPS) is 10.5. The molecule has 7 nitrogen and oxygen atoms in total. The Morgan fingerprint density at radius 1 is 1.38 bits per heavy atom. The first-order valence-corrected chi connectivity index (χ1v) is 6.14. The molecule has 0 saturated heterocycles. The summed E-state index contributed by atoms with van der Waals surface area (Å²) < 4.78 is 0. The first-order valence-electron chi connectivity index (χ1n) is 5.76. The summed E-state index contributed by atoms with van der Waals surface area (Å²) >= 11 is 5.83. The summed E-state index contributed by atoms with van der Waals surface area (Å²) in [6.45, 7) is 0. The molecule has 2 aromatic rings. The van der Waals surface area contributed by atoms with Crippen LogP contribution in [0.1, 0.15) is 16.1 Å². The average molecular weight is 305 g/mol. The van der Waals surface area contributed by atoms with Crippen LogP contribution in [-0.4, -0.2) is 22.0 Å². The number of carbonyl (C=O) groups excluding carboxylic acids is 1. The van der Waals surface area contributed by atoms with Gasteiger partial charge in [-0.1, -0.05) is 17.7 Å². The van der Waals surface area contributed by atoms with Crippen molar-refractivity contribution in [1.82, 2.24) is 10.4 Å². The summed E-state index contributed by atoms with van der Waals surface area (Å²) in [7, 11) is 0. The molecule has 1 aromatic heterocycles. The van der Waals surface area contributed by atoms with Crippen LogP contribution in [0.4, 0.5) is 5.69 Å². The highest BCUT2D eigenvalue weighted by Crippen LogP contribution is 2.22. The zero-order valence-electron chi connectivity index (χ0n) is 10.6. The van der Waals surface area contributed by atoms with Crippen molar-refractivity contribution < 1.29 is 9.72 Å². The molecule has 8 heteroatoms. The summed E-state index contributed by atoms with van der Waals surface area (Å²) in [5.41, 5.74) is 2.76. The van der Waals surface area contributed by atoms with E-state index in [-0.39, 0.29) is 16.3 Å². The van der Waals surface area contributed by atoms with Crippen LogP contribution in [-0.2, 0) is 0 Å². The smallest absolute Gasteiger partial charge is 0.267 e. The first kappa shape index (κ1) is 14.6. The first-order chi connectivity index (χ1) is 10.1. The van der Waals surface area contributed by atoms with E-state index in [9.17, 15) is 14.9 Å². The quantitative estimate of drug-likeness (QED) is 0.533. The van der Waals surface area contributed by atoms with E-state index in [2.05, 4.69) is 15.5 Å². The molecule has 1 aromatic carbocycles. The minimum atomic E-state index is -0.590. The van der Waals surface area contributed by atoms with Crippen LogP contribution in [0.2, 0.25) is 5.02 Å². The van der Waals surface area contributed by atoms with Crippen LogP contribution < -0.4 is 5.43 Å². The van der Waals surface area contributed by atoms with Gasteiger partial charge in [-0.15, -0.1) is 0 Å². The average Bonchev–Trinajstić information content (AvgIpc) is 2.48. The predicted octanol–water partition coefficient (Wildman–Crippen LogP) is 2.41. The summed E-state index contributed by atoms with van der Waals surface area (Å²) in [6, 6.07) is 8.83. The number of hydrazone groups is 1. The van der Waals surface area contributed by atoms with E-state index in [1.807, 2.05) is 0 Å². The number of nitro benzene ring substituents is 1. The number of amides is 1. The molecule has 0 bridgehead atoms. The number of aromatic nitrogens is 1. The maximum absolute atomic E-state index is 11.8. The lowest BCUT2D eigenvalue weighted by atomic mass is 10.2. The van der Waals surface area contributed by atoms with Crippen molar-refractivity contribution in [3.05, 3.63) is 69.0 Å². The fourth-order valence-corrected chi connectivity index (χ4v) is 1.73. The number of hydrogen-bond acceptors (Lipinski definition) is 5. The van der Waals surface area contributed by atoms with Crippen LogP contribution in [0.15, 0.2) is 47.7 Å². The van der Waals surface area contributed by atoms with E-state index in [0.717, 1.165) is 6.07 Å². The van der Waals surface area contributed by atoms with Crippen LogP contribution in [0.25, 0.3) is 0 Å². The summed E-state index contributed by atoms with van der Waals surface area (Å²) in [4.78, 5) is 25.8. The Morgan fingerprint density at radius 3 is 2.81 bits per heavy atom. The molecular weight excluding hydrogens is 296 g/mol. The van der Waals surface area contributed by atoms with Gasteiger partial charge in [0.15, 0.2) is 0 Å². The van der Waals surface area contributed by atoms with Gasteiger partial charge in [0.05, 0.1) is 27.4 Å². The summed E-state index contributed by atoms with van der Waals surface area (Å²) in [5.74, 6) is -0.568. The number of halogens is 1. The molecule has 0 radical (unpaired) electrons. The molecule has 2 rings (SSSR count). The molecule has 0 spiro atoms. The third-order valence-corrected chi connectivity index (χ3v) is 2.77. The SMILES string of the molecule is O=C(N/N=C\c1ccccn1)c1ccc([N+](=O)[O-])cc1Cl. The maximum Gasteiger partial charge on any atom is 0.272 e. The molecule has 0 unspecified atom stereocenters. The Kier molecular flexibility index (Phi) is 4.57. The predicted molar refractivity (Wildman–Crippen MR) is 77.4 cm³/mol. The van der Waals surface area contributed by atoms with Gasteiger partial charge in [0.25, 0.3) is 11.6 Å². The Labute approximate surface area is 124 Å². The molecule has 1 heterocycles. The van der Waals surface area contributed by atoms with Gasteiger partial charge in [-0.05, 0) is 18.2 Å². The number of carbonyl (C=O) groups is 1. The van der Waals surface area contributed by atoms with E-state index in [1.54, 1.807) is 24.4 Å². The van der Waals surface area contributed by atoms with Crippen LogP contribution in [0.5, 0.6) is 0 Å². The molecule has 0 atom stereocenters. The monoisotopic (exact) mass is 304 g/mol.